The van der Waals surface area contributed by atoms with E-state index in [9.17, 15) is 14.4 Å². The van der Waals surface area contributed by atoms with E-state index < -0.39 is 6.10 Å². The molecule has 0 saturated heterocycles. The third-order valence-electron chi connectivity index (χ3n) is 12.6. The third-order valence-corrected chi connectivity index (χ3v) is 12.6. The van der Waals surface area contributed by atoms with Crippen molar-refractivity contribution in [2.24, 2.45) is 11.8 Å². The molecule has 0 bridgehead atoms. The van der Waals surface area contributed by atoms with Gasteiger partial charge in [-0.3, -0.25) is 14.4 Å². The Labute approximate surface area is 374 Å². The molecular weight excluding hydrogens is 745 g/mol. The lowest BCUT2D eigenvalue weighted by Crippen LogP contribution is -2.30. The first-order valence-corrected chi connectivity index (χ1v) is 26.8. The average molecular weight is 849 g/mol. The molecule has 1 unspecified atom stereocenters. The summed E-state index contributed by atoms with van der Waals surface area (Å²) in [6.45, 7) is 11.4. The van der Waals surface area contributed by atoms with E-state index in [1.54, 1.807) is 0 Å². The lowest BCUT2D eigenvalue weighted by molar-refractivity contribution is -0.167. The Bertz CT molecular complexity index is 918. The number of carbonyl (C=O) groups excluding carboxylic acids is 3. The Morgan fingerprint density at radius 2 is 0.633 bits per heavy atom. The zero-order chi connectivity index (χ0) is 44.0. The smallest absolute Gasteiger partial charge is 0.306 e. The molecular formula is C54H104O6. The van der Waals surface area contributed by atoms with Gasteiger partial charge in [-0.1, -0.05) is 259 Å². The van der Waals surface area contributed by atoms with Crippen molar-refractivity contribution >= 4 is 17.9 Å². The van der Waals surface area contributed by atoms with Gasteiger partial charge in [-0.25, -0.2) is 0 Å². The second kappa shape index (κ2) is 46.9. The number of hydrogen-bond donors (Lipinski definition) is 0. The van der Waals surface area contributed by atoms with Crippen LogP contribution in [-0.2, 0) is 28.6 Å². The van der Waals surface area contributed by atoms with E-state index in [0.29, 0.717) is 19.3 Å². The molecule has 0 spiro atoms. The molecule has 0 N–H and O–H groups in total. The molecule has 0 saturated carbocycles. The van der Waals surface area contributed by atoms with Crippen LogP contribution in [0.15, 0.2) is 0 Å². The van der Waals surface area contributed by atoms with Crippen LogP contribution in [0.5, 0.6) is 0 Å². The molecule has 0 amide bonds. The minimum absolute atomic E-state index is 0.0636. The van der Waals surface area contributed by atoms with Crippen LogP contribution in [-0.4, -0.2) is 37.2 Å². The Hall–Kier alpha value is -1.59. The minimum atomic E-state index is -0.761. The molecule has 0 aromatic carbocycles. The summed E-state index contributed by atoms with van der Waals surface area (Å²) >= 11 is 0. The molecule has 0 aliphatic heterocycles. The van der Waals surface area contributed by atoms with Crippen molar-refractivity contribution in [3.8, 4) is 0 Å². The molecule has 0 heterocycles. The first-order chi connectivity index (χ1) is 29.3. The monoisotopic (exact) mass is 849 g/mol. The molecule has 0 aliphatic carbocycles. The van der Waals surface area contributed by atoms with Crippen molar-refractivity contribution in [1.29, 1.82) is 0 Å². The molecule has 0 aromatic heterocycles. The number of carbonyl (C=O) groups is 3. The summed E-state index contributed by atoms with van der Waals surface area (Å²) in [6, 6.07) is 0. The maximum Gasteiger partial charge on any atom is 0.306 e. The summed E-state index contributed by atoms with van der Waals surface area (Å²) in [6.07, 6.45) is 48.0. The van der Waals surface area contributed by atoms with E-state index in [1.165, 1.54) is 186 Å². The van der Waals surface area contributed by atoms with Crippen LogP contribution >= 0.6 is 0 Å². The van der Waals surface area contributed by atoms with E-state index >= 15 is 0 Å². The average Bonchev–Trinajstić information content (AvgIpc) is 3.23. The van der Waals surface area contributed by atoms with Gasteiger partial charge < -0.3 is 14.2 Å². The largest absolute Gasteiger partial charge is 0.462 e. The Morgan fingerprint density at radius 3 is 0.950 bits per heavy atom. The quantitative estimate of drug-likeness (QED) is 0.0345. The van der Waals surface area contributed by atoms with Crippen molar-refractivity contribution in [3.05, 3.63) is 0 Å². The Kier molecular flexibility index (Phi) is 45.7. The van der Waals surface area contributed by atoms with E-state index in [0.717, 1.165) is 69.6 Å². The SMILES string of the molecule is CCCCCCCCCCCCCC(=O)O[C@@H](COC(=O)CCCCCCCCCCCCCCCCCCC(C)C)COC(=O)CCCCCCCCCCC(C)CC. The van der Waals surface area contributed by atoms with Gasteiger partial charge in [0.15, 0.2) is 6.10 Å². The van der Waals surface area contributed by atoms with Gasteiger partial charge in [-0.05, 0) is 31.1 Å². The van der Waals surface area contributed by atoms with Gasteiger partial charge in [0, 0.05) is 19.3 Å². The van der Waals surface area contributed by atoms with E-state index in [4.69, 9.17) is 14.2 Å². The molecule has 0 aliphatic rings. The van der Waals surface area contributed by atoms with E-state index in [2.05, 4.69) is 34.6 Å². The number of rotatable bonds is 48. The predicted octanol–water partition coefficient (Wildman–Crippen LogP) is 17.3. The van der Waals surface area contributed by atoms with E-state index in [-0.39, 0.29) is 31.1 Å². The zero-order valence-corrected chi connectivity index (χ0v) is 41.1. The highest BCUT2D eigenvalue weighted by Crippen LogP contribution is 2.18. The molecule has 6 nitrogen and oxygen atoms in total. The summed E-state index contributed by atoms with van der Waals surface area (Å²) in [5.74, 6) is 0.853. The van der Waals surface area contributed by atoms with Gasteiger partial charge in [-0.15, -0.1) is 0 Å². The summed E-state index contributed by atoms with van der Waals surface area (Å²) in [5.41, 5.74) is 0. The standard InChI is InChI=1S/C54H104O6/c1-6-8-9-10-11-12-19-24-31-36-41-46-54(57)60-51(48-59-53(56)45-40-35-30-26-25-28-33-38-43-50(5)7-2)47-58-52(55)44-39-34-29-23-21-18-16-14-13-15-17-20-22-27-32-37-42-49(3)4/h49-51H,6-48H2,1-5H3/t50?,51-/m0/s1. The lowest BCUT2D eigenvalue weighted by atomic mass is 9.99. The first kappa shape index (κ1) is 58.4. The molecule has 0 fully saturated rings. The zero-order valence-electron chi connectivity index (χ0n) is 41.1. The highest BCUT2D eigenvalue weighted by Gasteiger charge is 2.19. The van der Waals surface area contributed by atoms with Gasteiger partial charge in [0.25, 0.3) is 0 Å². The second-order valence-electron chi connectivity index (χ2n) is 19.2. The molecule has 0 aromatic rings. The molecule has 0 radical (unpaired) electrons. The minimum Gasteiger partial charge on any atom is -0.462 e. The van der Waals surface area contributed by atoms with Crippen molar-refractivity contribution in [2.45, 2.75) is 304 Å². The van der Waals surface area contributed by atoms with E-state index in [1.807, 2.05) is 0 Å². The fourth-order valence-corrected chi connectivity index (χ4v) is 8.13. The third kappa shape index (κ3) is 45.9. The highest BCUT2D eigenvalue weighted by molar-refractivity contribution is 5.71. The molecule has 356 valence electrons. The number of esters is 3. The maximum atomic E-state index is 12.8. The molecule has 0 rings (SSSR count). The number of unbranched alkanes of at least 4 members (excludes halogenated alkanes) is 32. The van der Waals surface area contributed by atoms with Crippen LogP contribution < -0.4 is 0 Å². The highest BCUT2D eigenvalue weighted by atomic mass is 16.6. The van der Waals surface area contributed by atoms with Crippen molar-refractivity contribution in [3.63, 3.8) is 0 Å². The fraction of sp³-hybridized carbons (Fsp3) is 0.944. The van der Waals surface area contributed by atoms with Crippen molar-refractivity contribution in [2.75, 3.05) is 13.2 Å². The van der Waals surface area contributed by atoms with Gasteiger partial charge in [0.1, 0.15) is 13.2 Å². The van der Waals surface area contributed by atoms with Crippen LogP contribution in [0.2, 0.25) is 0 Å². The second-order valence-corrected chi connectivity index (χ2v) is 19.2. The normalized spacial score (nSPS) is 12.5. The summed E-state index contributed by atoms with van der Waals surface area (Å²) < 4.78 is 16.8. The summed E-state index contributed by atoms with van der Waals surface area (Å²) in [4.78, 5) is 37.9. The maximum absolute atomic E-state index is 12.8. The Morgan fingerprint density at radius 1 is 0.350 bits per heavy atom. The van der Waals surface area contributed by atoms with Crippen molar-refractivity contribution < 1.29 is 28.6 Å². The van der Waals surface area contributed by atoms with Gasteiger partial charge >= 0.3 is 17.9 Å². The molecule has 2 atom stereocenters. The number of hydrogen-bond acceptors (Lipinski definition) is 6. The Balaban J connectivity index is 4.24. The predicted molar refractivity (Wildman–Crippen MR) is 256 cm³/mol. The van der Waals surface area contributed by atoms with Gasteiger partial charge in [-0.2, -0.15) is 0 Å². The molecule has 60 heavy (non-hydrogen) atoms. The summed E-state index contributed by atoms with van der Waals surface area (Å²) in [5, 5.41) is 0. The van der Waals surface area contributed by atoms with Crippen LogP contribution in [0.4, 0.5) is 0 Å². The number of ether oxygens (including phenoxy) is 3. The fourth-order valence-electron chi connectivity index (χ4n) is 8.13. The van der Waals surface area contributed by atoms with Crippen LogP contribution in [0, 0.1) is 11.8 Å². The van der Waals surface area contributed by atoms with Gasteiger partial charge in [0.2, 0.25) is 0 Å². The topological polar surface area (TPSA) is 78.9 Å². The lowest BCUT2D eigenvalue weighted by Gasteiger charge is -2.18. The van der Waals surface area contributed by atoms with Crippen LogP contribution in [0.1, 0.15) is 298 Å². The van der Waals surface area contributed by atoms with Crippen LogP contribution in [0.25, 0.3) is 0 Å². The van der Waals surface area contributed by atoms with Crippen LogP contribution in [0.3, 0.4) is 0 Å². The first-order valence-electron chi connectivity index (χ1n) is 26.8. The van der Waals surface area contributed by atoms with Crippen molar-refractivity contribution in [1.82, 2.24) is 0 Å². The van der Waals surface area contributed by atoms with Gasteiger partial charge in [0.05, 0.1) is 0 Å². The summed E-state index contributed by atoms with van der Waals surface area (Å²) in [7, 11) is 0. The molecule has 6 heteroatoms.